The second-order valence-electron chi connectivity index (χ2n) is 3.60. The van der Waals surface area contributed by atoms with Crippen molar-refractivity contribution >= 4 is 17.6 Å². The van der Waals surface area contributed by atoms with Gasteiger partial charge >= 0.3 is 5.97 Å². The minimum atomic E-state index is -1.16. The molecule has 1 N–H and O–H groups in total. The zero-order valence-corrected chi connectivity index (χ0v) is 9.71. The molecular formula is C13H7ClF2O2. The van der Waals surface area contributed by atoms with Crippen LogP contribution in [0.25, 0.3) is 11.1 Å². The second-order valence-corrected chi connectivity index (χ2v) is 4.00. The van der Waals surface area contributed by atoms with Gasteiger partial charge in [-0.1, -0.05) is 29.8 Å². The lowest BCUT2D eigenvalue weighted by Gasteiger charge is -2.08. The van der Waals surface area contributed by atoms with Gasteiger partial charge in [0.05, 0.1) is 10.6 Å². The Morgan fingerprint density at radius 2 is 1.67 bits per heavy atom. The van der Waals surface area contributed by atoms with Gasteiger partial charge in [0.15, 0.2) is 11.6 Å². The monoisotopic (exact) mass is 268 g/mol. The minimum Gasteiger partial charge on any atom is -0.478 e. The maximum atomic E-state index is 13.2. The molecule has 0 unspecified atom stereocenters. The molecule has 0 aromatic heterocycles. The van der Waals surface area contributed by atoms with E-state index in [0.29, 0.717) is 0 Å². The predicted octanol–water partition coefficient (Wildman–Crippen LogP) is 3.98. The third-order valence-corrected chi connectivity index (χ3v) is 2.77. The lowest BCUT2D eigenvalue weighted by Crippen LogP contribution is -2.00. The van der Waals surface area contributed by atoms with E-state index in [2.05, 4.69) is 0 Å². The highest BCUT2D eigenvalue weighted by Gasteiger charge is 2.15. The number of hydrogen-bond acceptors (Lipinski definition) is 1. The molecule has 2 rings (SSSR count). The van der Waals surface area contributed by atoms with Crippen LogP contribution in [0.4, 0.5) is 8.78 Å². The van der Waals surface area contributed by atoms with Crippen LogP contribution in [0.15, 0.2) is 36.4 Å². The van der Waals surface area contributed by atoms with Gasteiger partial charge in [-0.3, -0.25) is 0 Å². The van der Waals surface area contributed by atoms with E-state index in [1.54, 1.807) is 12.1 Å². The molecule has 0 fully saturated rings. The lowest BCUT2D eigenvalue weighted by atomic mass is 9.99. The fourth-order valence-corrected chi connectivity index (χ4v) is 1.89. The van der Waals surface area contributed by atoms with Crippen molar-refractivity contribution in [2.75, 3.05) is 0 Å². The van der Waals surface area contributed by atoms with Gasteiger partial charge in [-0.05, 0) is 23.8 Å². The summed E-state index contributed by atoms with van der Waals surface area (Å²) >= 11 is 5.81. The molecule has 18 heavy (non-hydrogen) atoms. The standard InChI is InChI=1S/C13H7ClF2O2/c14-10-6-12(16)11(15)5-9(10)7-3-1-2-4-8(7)13(17)18/h1-6H,(H,17,18). The van der Waals surface area contributed by atoms with E-state index in [4.69, 9.17) is 16.7 Å². The van der Waals surface area contributed by atoms with E-state index in [-0.39, 0.29) is 21.7 Å². The smallest absolute Gasteiger partial charge is 0.336 e. The van der Waals surface area contributed by atoms with E-state index in [0.717, 1.165) is 12.1 Å². The Hall–Kier alpha value is -1.94. The Morgan fingerprint density at radius 3 is 2.33 bits per heavy atom. The van der Waals surface area contributed by atoms with Crippen LogP contribution in [-0.2, 0) is 0 Å². The van der Waals surface area contributed by atoms with Crippen LogP contribution >= 0.6 is 11.6 Å². The Bertz CT molecular complexity index is 626. The van der Waals surface area contributed by atoms with E-state index in [1.807, 2.05) is 0 Å². The number of carboxylic acids is 1. The molecule has 0 aliphatic heterocycles. The van der Waals surface area contributed by atoms with Crippen LogP contribution < -0.4 is 0 Å². The third-order valence-electron chi connectivity index (χ3n) is 2.46. The fourth-order valence-electron chi connectivity index (χ4n) is 1.63. The largest absolute Gasteiger partial charge is 0.478 e. The third kappa shape index (κ3) is 2.19. The van der Waals surface area contributed by atoms with E-state index in [1.165, 1.54) is 12.1 Å². The van der Waals surface area contributed by atoms with Gasteiger partial charge in [-0.25, -0.2) is 13.6 Å². The molecular weight excluding hydrogens is 262 g/mol. The summed E-state index contributed by atoms with van der Waals surface area (Å²) in [4.78, 5) is 11.0. The molecule has 0 aliphatic rings. The summed E-state index contributed by atoms with van der Waals surface area (Å²) in [7, 11) is 0. The van der Waals surface area contributed by atoms with E-state index >= 15 is 0 Å². The zero-order valence-electron chi connectivity index (χ0n) is 8.95. The van der Waals surface area contributed by atoms with Gasteiger partial charge in [0, 0.05) is 5.56 Å². The lowest BCUT2D eigenvalue weighted by molar-refractivity contribution is 0.0697. The summed E-state index contributed by atoms with van der Waals surface area (Å²) < 4.78 is 26.2. The number of aromatic carboxylic acids is 1. The molecule has 0 aliphatic carbocycles. The van der Waals surface area contributed by atoms with Crippen LogP contribution in [0.5, 0.6) is 0 Å². The van der Waals surface area contributed by atoms with Crippen molar-refractivity contribution in [3.8, 4) is 11.1 Å². The first kappa shape index (κ1) is 12.5. The molecule has 0 atom stereocenters. The van der Waals surface area contributed by atoms with Gasteiger partial charge in [-0.2, -0.15) is 0 Å². The highest BCUT2D eigenvalue weighted by atomic mass is 35.5. The topological polar surface area (TPSA) is 37.3 Å². The normalized spacial score (nSPS) is 10.4. The van der Waals surface area contributed by atoms with Crippen molar-refractivity contribution < 1.29 is 18.7 Å². The first-order valence-electron chi connectivity index (χ1n) is 4.98. The van der Waals surface area contributed by atoms with Gasteiger partial charge in [-0.15, -0.1) is 0 Å². The molecule has 2 aromatic carbocycles. The number of rotatable bonds is 2. The first-order valence-corrected chi connectivity index (χ1v) is 5.35. The van der Waals surface area contributed by atoms with Crippen LogP contribution in [0.1, 0.15) is 10.4 Å². The van der Waals surface area contributed by atoms with Crippen LogP contribution in [-0.4, -0.2) is 11.1 Å². The average Bonchev–Trinajstić information content (AvgIpc) is 2.34. The molecule has 2 aromatic rings. The van der Waals surface area contributed by atoms with Crippen LogP contribution in [0.3, 0.4) is 0 Å². The predicted molar refractivity (Wildman–Crippen MR) is 63.8 cm³/mol. The summed E-state index contributed by atoms with van der Waals surface area (Å²) in [5.74, 6) is -3.31. The van der Waals surface area contributed by atoms with Crippen molar-refractivity contribution in [2.45, 2.75) is 0 Å². The molecule has 0 bridgehead atoms. The quantitative estimate of drug-likeness (QED) is 0.837. The number of hydrogen-bond donors (Lipinski definition) is 1. The zero-order chi connectivity index (χ0) is 13.3. The molecule has 5 heteroatoms. The SMILES string of the molecule is O=C(O)c1ccccc1-c1cc(F)c(F)cc1Cl. The Labute approximate surface area is 106 Å². The summed E-state index contributed by atoms with van der Waals surface area (Å²) in [6.07, 6.45) is 0. The molecule has 2 nitrogen and oxygen atoms in total. The van der Waals surface area contributed by atoms with Crippen molar-refractivity contribution in [1.29, 1.82) is 0 Å². The summed E-state index contributed by atoms with van der Waals surface area (Å²) in [6, 6.07) is 7.71. The molecule has 0 amide bonds. The van der Waals surface area contributed by atoms with E-state index < -0.39 is 17.6 Å². The molecule has 0 heterocycles. The number of carboxylic acid groups (broad SMARTS) is 1. The Kier molecular flexibility index (Phi) is 3.30. The summed E-state index contributed by atoms with van der Waals surface area (Å²) in [5.41, 5.74) is 0.368. The number of benzene rings is 2. The Morgan fingerprint density at radius 1 is 1.06 bits per heavy atom. The van der Waals surface area contributed by atoms with Crippen molar-refractivity contribution in [2.24, 2.45) is 0 Å². The van der Waals surface area contributed by atoms with E-state index in [9.17, 15) is 13.6 Å². The molecule has 0 spiro atoms. The summed E-state index contributed by atoms with van der Waals surface area (Å²) in [6.45, 7) is 0. The highest BCUT2D eigenvalue weighted by molar-refractivity contribution is 6.33. The highest BCUT2D eigenvalue weighted by Crippen LogP contribution is 2.32. The van der Waals surface area contributed by atoms with Crippen LogP contribution in [0, 0.1) is 11.6 Å². The fraction of sp³-hybridized carbons (Fsp3) is 0. The Balaban J connectivity index is 2.69. The number of halogens is 3. The molecule has 0 saturated heterocycles. The van der Waals surface area contributed by atoms with Gasteiger partial charge in [0.1, 0.15) is 0 Å². The minimum absolute atomic E-state index is 0.0228. The first-order chi connectivity index (χ1) is 8.50. The van der Waals surface area contributed by atoms with Gasteiger partial charge in [0.2, 0.25) is 0 Å². The van der Waals surface area contributed by atoms with Crippen LogP contribution in [0.2, 0.25) is 5.02 Å². The summed E-state index contributed by atoms with van der Waals surface area (Å²) in [5, 5.41) is 8.99. The second kappa shape index (κ2) is 4.74. The maximum absolute atomic E-state index is 13.2. The van der Waals surface area contributed by atoms with Gasteiger partial charge < -0.3 is 5.11 Å². The van der Waals surface area contributed by atoms with Crippen molar-refractivity contribution in [1.82, 2.24) is 0 Å². The molecule has 0 saturated carbocycles. The average molecular weight is 269 g/mol. The van der Waals surface area contributed by atoms with Crippen molar-refractivity contribution in [3.63, 3.8) is 0 Å². The molecule has 92 valence electrons. The maximum Gasteiger partial charge on any atom is 0.336 e. The number of carbonyl (C=O) groups is 1. The van der Waals surface area contributed by atoms with Gasteiger partial charge in [0.25, 0.3) is 0 Å². The molecule has 0 radical (unpaired) electrons. The van der Waals surface area contributed by atoms with Crippen molar-refractivity contribution in [3.05, 3.63) is 58.6 Å².